The summed E-state index contributed by atoms with van der Waals surface area (Å²) >= 11 is 4.52. The van der Waals surface area contributed by atoms with Crippen LogP contribution in [0.2, 0.25) is 0 Å². The quantitative estimate of drug-likeness (QED) is 0.655. The molecular formula is C13H21N3O3S4. The number of carbonyl (C=O) groups is 1. The molecule has 130 valence electrons. The highest BCUT2D eigenvalue weighted by atomic mass is 32.2. The minimum atomic E-state index is -2.98. The van der Waals surface area contributed by atoms with E-state index in [9.17, 15) is 13.2 Å². The number of rotatable bonds is 7. The maximum atomic E-state index is 12.4. The molecule has 0 bridgehead atoms. The molecule has 0 unspecified atom stereocenters. The van der Waals surface area contributed by atoms with Gasteiger partial charge in [-0.15, -0.1) is 10.2 Å². The molecule has 1 aliphatic heterocycles. The van der Waals surface area contributed by atoms with Gasteiger partial charge in [-0.3, -0.25) is 4.79 Å². The molecule has 10 heteroatoms. The highest BCUT2D eigenvalue weighted by molar-refractivity contribution is 8.03. The molecule has 0 radical (unpaired) electrons. The highest BCUT2D eigenvalue weighted by Crippen LogP contribution is 2.31. The zero-order chi connectivity index (χ0) is 17.0. The van der Waals surface area contributed by atoms with Crippen molar-refractivity contribution in [1.82, 2.24) is 15.1 Å². The van der Waals surface area contributed by atoms with Crippen LogP contribution in [-0.2, 0) is 14.6 Å². The number of aromatic nitrogens is 2. The molecule has 6 nitrogen and oxygen atoms in total. The number of thioether (sulfide) groups is 2. The molecule has 1 aromatic heterocycles. The van der Waals surface area contributed by atoms with Crippen LogP contribution in [0.1, 0.15) is 27.2 Å². The van der Waals surface area contributed by atoms with Crippen LogP contribution in [0.4, 0.5) is 0 Å². The lowest BCUT2D eigenvalue weighted by Crippen LogP contribution is -2.41. The zero-order valence-corrected chi connectivity index (χ0v) is 16.7. The molecule has 2 rings (SSSR count). The molecule has 0 spiro atoms. The summed E-state index contributed by atoms with van der Waals surface area (Å²) in [5, 5.41) is 8.64. The van der Waals surface area contributed by atoms with Gasteiger partial charge in [-0.1, -0.05) is 48.7 Å². The predicted molar refractivity (Wildman–Crippen MR) is 96.1 cm³/mol. The molecule has 23 heavy (non-hydrogen) atoms. The third-order valence-corrected chi connectivity index (χ3v) is 8.23. The van der Waals surface area contributed by atoms with Crippen LogP contribution in [0.5, 0.6) is 0 Å². The van der Waals surface area contributed by atoms with Crippen molar-refractivity contribution >= 4 is 50.6 Å². The van der Waals surface area contributed by atoms with Crippen LogP contribution in [0.3, 0.4) is 0 Å². The van der Waals surface area contributed by atoms with E-state index in [1.165, 1.54) is 23.1 Å². The highest BCUT2D eigenvalue weighted by Gasteiger charge is 2.33. The van der Waals surface area contributed by atoms with Gasteiger partial charge in [-0.25, -0.2) is 8.42 Å². The van der Waals surface area contributed by atoms with Gasteiger partial charge >= 0.3 is 0 Å². The number of hydrogen-bond acceptors (Lipinski definition) is 8. The maximum Gasteiger partial charge on any atom is 0.233 e. The minimum Gasteiger partial charge on any atom is -0.338 e. The molecule has 1 aliphatic rings. The fourth-order valence-electron chi connectivity index (χ4n) is 2.37. The Morgan fingerprint density at radius 1 is 1.39 bits per heavy atom. The maximum absolute atomic E-state index is 12.4. The van der Waals surface area contributed by atoms with Gasteiger partial charge < -0.3 is 4.90 Å². The van der Waals surface area contributed by atoms with Crippen LogP contribution in [-0.4, -0.2) is 64.5 Å². The van der Waals surface area contributed by atoms with Gasteiger partial charge in [0.2, 0.25) is 5.91 Å². The molecule has 1 atom stereocenters. The van der Waals surface area contributed by atoms with Gasteiger partial charge in [0.15, 0.2) is 18.5 Å². The van der Waals surface area contributed by atoms with Crippen molar-refractivity contribution < 1.29 is 13.2 Å². The Balaban J connectivity index is 1.89. The van der Waals surface area contributed by atoms with Crippen molar-refractivity contribution in [2.24, 2.45) is 0 Å². The lowest BCUT2D eigenvalue weighted by Gasteiger charge is -2.26. The second-order valence-electron chi connectivity index (χ2n) is 5.53. The van der Waals surface area contributed by atoms with Crippen LogP contribution < -0.4 is 0 Å². The molecule has 0 aliphatic carbocycles. The Bertz CT molecular complexity index is 645. The number of sulfone groups is 1. The van der Waals surface area contributed by atoms with E-state index in [2.05, 4.69) is 24.0 Å². The van der Waals surface area contributed by atoms with Crippen molar-refractivity contribution in [2.75, 3.05) is 23.8 Å². The van der Waals surface area contributed by atoms with E-state index in [1.807, 2.05) is 6.92 Å². The molecule has 0 N–H and O–H groups in total. The first-order chi connectivity index (χ1) is 10.8. The van der Waals surface area contributed by atoms with E-state index in [1.54, 1.807) is 16.7 Å². The number of hydrogen-bond donors (Lipinski definition) is 0. The van der Waals surface area contributed by atoms with Gasteiger partial charge in [-0.05, 0) is 13.3 Å². The number of carbonyl (C=O) groups excluding carboxylic acids is 1. The fraction of sp³-hybridized carbons (Fsp3) is 0.769. The lowest BCUT2D eigenvalue weighted by molar-refractivity contribution is -0.129. The first-order valence-electron chi connectivity index (χ1n) is 7.43. The van der Waals surface area contributed by atoms with E-state index in [0.717, 1.165) is 8.68 Å². The lowest BCUT2D eigenvalue weighted by atomic mass is 10.2. The Morgan fingerprint density at radius 3 is 2.65 bits per heavy atom. The summed E-state index contributed by atoms with van der Waals surface area (Å²) in [4.78, 5) is 14.1. The summed E-state index contributed by atoms with van der Waals surface area (Å²) in [6.07, 6.45) is 0.542. The second-order valence-corrected chi connectivity index (χ2v) is 11.8. The summed E-state index contributed by atoms with van der Waals surface area (Å²) in [6, 6.07) is -0.181. The summed E-state index contributed by atoms with van der Waals surface area (Å²) in [7, 11) is -2.98. The zero-order valence-electron chi connectivity index (χ0n) is 13.4. The molecule has 0 aromatic carbocycles. The number of amides is 1. The molecule has 1 amide bonds. The molecule has 0 saturated carbocycles. The van der Waals surface area contributed by atoms with E-state index in [0.29, 0.717) is 18.2 Å². The number of nitrogens with zero attached hydrogens (tertiary/aromatic N) is 3. The van der Waals surface area contributed by atoms with Gasteiger partial charge in [0.1, 0.15) is 0 Å². The Labute approximate surface area is 149 Å². The van der Waals surface area contributed by atoms with Crippen molar-refractivity contribution in [2.45, 2.75) is 47.2 Å². The largest absolute Gasteiger partial charge is 0.338 e. The van der Waals surface area contributed by atoms with Gasteiger partial charge in [0.05, 0.1) is 17.3 Å². The summed E-state index contributed by atoms with van der Waals surface area (Å²) in [5.74, 6) is 0.505. The molecule has 1 saturated heterocycles. The summed E-state index contributed by atoms with van der Waals surface area (Å²) in [6.45, 7) is 6.61. The van der Waals surface area contributed by atoms with E-state index < -0.39 is 9.84 Å². The van der Waals surface area contributed by atoms with Crippen molar-refractivity contribution in [3.8, 4) is 0 Å². The SMILES string of the molecule is CCN(C(=O)CSc1nnc(SC(C)C)s1)[C@H]1CCS(=O)(=O)C1. The van der Waals surface area contributed by atoms with Crippen LogP contribution >= 0.6 is 34.9 Å². The molecular weight excluding hydrogens is 374 g/mol. The molecule has 2 heterocycles. The first-order valence-corrected chi connectivity index (χ1v) is 11.9. The third kappa shape index (κ3) is 5.61. The topological polar surface area (TPSA) is 80.2 Å². The summed E-state index contributed by atoms with van der Waals surface area (Å²) < 4.78 is 24.9. The molecule has 1 fully saturated rings. The van der Waals surface area contributed by atoms with Crippen LogP contribution in [0.15, 0.2) is 8.68 Å². The van der Waals surface area contributed by atoms with Crippen LogP contribution in [0, 0.1) is 0 Å². The van der Waals surface area contributed by atoms with E-state index in [-0.39, 0.29) is 29.2 Å². The van der Waals surface area contributed by atoms with Gasteiger partial charge in [0, 0.05) is 17.8 Å². The van der Waals surface area contributed by atoms with Gasteiger partial charge in [-0.2, -0.15) is 0 Å². The standard InChI is InChI=1S/C13H21N3O3S4/c1-4-16(10-5-6-23(18,19)8-10)11(17)7-20-12-14-15-13(22-12)21-9(2)3/h9-10H,4-8H2,1-3H3/t10-/m0/s1. The Kier molecular flexibility index (Phi) is 6.76. The Morgan fingerprint density at radius 2 is 2.09 bits per heavy atom. The summed E-state index contributed by atoms with van der Waals surface area (Å²) in [5.41, 5.74) is 0. The van der Waals surface area contributed by atoms with Crippen molar-refractivity contribution in [3.05, 3.63) is 0 Å². The minimum absolute atomic E-state index is 0.0344. The van der Waals surface area contributed by atoms with Gasteiger partial charge in [0.25, 0.3) is 0 Å². The van der Waals surface area contributed by atoms with Crippen molar-refractivity contribution in [1.29, 1.82) is 0 Å². The van der Waals surface area contributed by atoms with E-state index >= 15 is 0 Å². The first kappa shape index (κ1) is 19.0. The second kappa shape index (κ2) is 8.17. The average molecular weight is 396 g/mol. The smallest absolute Gasteiger partial charge is 0.233 e. The monoisotopic (exact) mass is 395 g/mol. The fourth-order valence-corrected chi connectivity index (χ4v) is 7.23. The third-order valence-electron chi connectivity index (χ3n) is 3.35. The van der Waals surface area contributed by atoms with Crippen molar-refractivity contribution in [3.63, 3.8) is 0 Å². The predicted octanol–water partition coefficient (Wildman–Crippen LogP) is 2.17. The van der Waals surface area contributed by atoms with E-state index in [4.69, 9.17) is 0 Å². The van der Waals surface area contributed by atoms with Crippen LogP contribution in [0.25, 0.3) is 0 Å². The molecule has 1 aromatic rings. The normalized spacial score (nSPS) is 20.1. The average Bonchev–Trinajstić information content (AvgIpc) is 3.03. The Hall–Kier alpha value is -0.320.